The van der Waals surface area contributed by atoms with Gasteiger partial charge in [0.05, 0.1) is 24.0 Å². The molecule has 0 aromatic carbocycles. The smallest absolute Gasteiger partial charge is 0.305 e. The van der Waals surface area contributed by atoms with Gasteiger partial charge in [0.2, 0.25) is 5.91 Å². The summed E-state index contributed by atoms with van der Waals surface area (Å²) in [6.45, 7) is 0.978. The zero-order valence-corrected chi connectivity index (χ0v) is 11.9. The van der Waals surface area contributed by atoms with Crippen molar-refractivity contribution >= 4 is 11.9 Å². The van der Waals surface area contributed by atoms with E-state index in [0.29, 0.717) is 32.5 Å². The molecule has 2 N–H and O–H groups in total. The zero-order valence-electron chi connectivity index (χ0n) is 11.9. The van der Waals surface area contributed by atoms with Crippen LogP contribution in [0.3, 0.4) is 0 Å². The normalized spacial score (nSPS) is 23.6. The molecular weight excluding hydrogens is 262 g/mol. The molecule has 1 heterocycles. The van der Waals surface area contributed by atoms with Crippen LogP contribution in [-0.4, -0.2) is 48.4 Å². The van der Waals surface area contributed by atoms with Crippen molar-refractivity contribution < 1.29 is 24.2 Å². The van der Waals surface area contributed by atoms with Crippen LogP contribution in [0.4, 0.5) is 0 Å². The minimum atomic E-state index is -0.891. The quantitative estimate of drug-likeness (QED) is 0.763. The van der Waals surface area contributed by atoms with Gasteiger partial charge in [0.25, 0.3) is 0 Å². The van der Waals surface area contributed by atoms with Crippen molar-refractivity contribution in [3.8, 4) is 0 Å². The monoisotopic (exact) mass is 285 g/mol. The number of aliphatic carboxylic acids is 1. The van der Waals surface area contributed by atoms with E-state index in [9.17, 15) is 9.59 Å². The summed E-state index contributed by atoms with van der Waals surface area (Å²) in [4.78, 5) is 23.3. The van der Waals surface area contributed by atoms with Crippen molar-refractivity contribution in [1.82, 2.24) is 5.32 Å². The highest BCUT2D eigenvalue weighted by molar-refractivity contribution is 5.79. The summed E-state index contributed by atoms with van der Waals surface area (Å²) in [5.74, 6) is -1.01. The van der Waals surface area contributed by atoms with Gasteiger partial charge >= 0.3 is 5.97 Å². The van der Waals surface area contributed by atoms with Gasteiger partial charge in [-0.3, -0.25) is 9.59 Å². The summed E-state index contributed by atoms with van der Waals surface area (Å²) in [6.07, 6.45) is 4.22. The van der Waals surface area contributed by atoms with Crippen LogP contribution in [0.1, 0.15) is 44.9 Å². The van der Waals surface area contributed by atoms with Crippen LogP contribution in [0.5, 0.6) is 0 Å². The number of carbonyl (C=O) groups is 2. The Hall–Kier alpha value is -1.14. The Morgan fingerprint density at radius 1 is 1.20 bits per heavy atom. The Labute approximate surface area is 118 Å². The molecule has 6 heteroatoms. The van der Waals surface area contributed by atoms with Crippen LogP contribution in [0.15, 0.2) is 0 Å². The molecule has 1 amide bonds. The van der Waals surface area contributed by atoms with E-state index in [0.717, 1.165) is 19.3 Å². The van der Waals surface area contributed by atoms with Crippen molar-refractivity contribution in [2.24, 2.45) is 0 Å². The number of carboxylic acids is 1. The molecule has 1 aliphatic carbocycles. The second kappa shape index (κ2) is 6.10. The minimum absolute atomic E-state index is 0.0535. The number of amides is 1. The largest absolute Gasteiger partial charge is 0.481 e. The third-order valence-electron chi connectivity index (χ3n) is 4.52. The molecule has 0 aromatic rings. The average molecular weight is 285 g/mol. The summed E-state index contributed by atoms with van der Waals surface area (Å²) in [5.41, 5.74) is -1.00. The topological polar surface area (TPSA) is 84.9 Å². The second-order valence-electron chi connectivity index (χ2n) is 5.93. The van der Waals surface area contributed by atoms with E-state index in [-0.39, 0.29) is 17.9 Å². The van der Waals surface area contributed by atoms with E-state index in [1.165, 1.54) is 0 Å². The highest BCUT2D eigenvalue weighted by Gasteiger charge is 2.42. The summed E-state index contributed by atoms with van der Waals surface area (Å²) >= 11 is 0. The van der Waals surface area contributed by atoms with Crippen molar-refractivity contribution in [3.05, 3.63) is 0 Å². The maximum Gasteiger partial charge on any atom is 0.305 e. The molecule has 20 heavy (non-hydrogen) atoms. The summed E-state index contributed by atoms with van der Waals surface area (Å²) in [6, 6.07) is 0. The molecule has 0 atom stereocenters. The Bertz CT molecular complexity index is 366. The third kappa shape index (κ3) is 3.49. The molecule has 0 unspecified atom stereocenters. The third-order valence-corrected chi connectivity index (χ3v) is 4.52. The van der Waals surface area contributed by atoms with Crippen LogP contribution < -0.4 is 5.32 Å². The van der Waals surface area contributed by atoms with Gasteiger partial charge in [-0.05, 0) is 32.1 Å². The molecule has 1 saturated carbocycles. The lowest BCUT2D eigenvalue weighted by molar-refractivity contribution is -0.142. The predicted molar refractivity (Wildman–Crippen MR) is 71.4 cm³/mol. The van der Waals surface area contributed by atoms with E-state index in [2.05, 4.69) is 5.32 Å². The lowest BCUT2D eigenvalue weighted by atomic mass is 9.77. The molecule has 2 fully saturated rings. The van der Waals surface area contributed by atoms with Crippen LogP contribution in [0.25, 0.3) is 0 Å². The molecule has 2 aliphatic rings. The first-order chi connectivity index (χ1) is 9.49. The lowest BCUT2D eigenvalue weighted by Gasteiger charge is -2.42. The fraction of sp³-hybridized carbons (Fsp3) is 0.857. The summed E-state index contributed by atoms with van der Waals surface area (Å²) in [5, 5.41) is 12.0. The van der Waals surface area contributed by atoms with Gasteiger partial charge in [-0.1, -0.05) is 0 Å². The Morgan fingerprint density at radius 2 is 1.85 bits per heavy atom. The summed E-state index contributed by atoms with van der Waals surface area (Å²) in [7, 11) is 1.63. The lowest BCUT2D eigenvalue weighted by Crippen LogP contribution is -2.55. The molecule has 6 nitrogen and oxygen atoms in total. The molecule has 0 radical (unpaired) electrons. The van der Waals surface area contributed by atoms with Gasteiger partial charge in [0.15, 0.2) is 0 Å². The molecule has 0 aromatic heterocycles. The highest BCUT2D eigenvalue weighted by atomic mass is 16.5. The predicted octanol–water partition coefficient (Wildman–Crippen LogP) is 1.09. The van der Waals surface area contributed by atoms with Gasteiger partial charge in [0.1, 0.15) is 0 Å². The molecule has 114 valence electrons. The maximum absolute atomic E-state index is 12.2. The van der Waals surface area contributed by atoms with E-state index < -0.39 is 11.5 Å². The molecule has 2 rings (SSSR count). The van der Waals surface area contributed by atoms with Crippen LogP contribution in [0.2, 0.25) is 0 Å². The van der Waals surface area contributed by atoms with Crippen molar-refractivity contribution in [2.45, 2.75) is 56.1 Å². The number of carboxylic acid groups (broad SMARTS) is 1. The second-order valence-corrected chi connectivity index (χ2v) is 5.93. The Morgan fingerprint density at radius 3 is 2.30 bits per heavy atom. The van der Waals surface area contributed by atoms with E-state index in [1.54, 1.807) is 7.11 Å². The maximum atomic E-state index is 12.2. The van der Waals surface area contributed by atoms with Gasteiger partial charge in [-0.15, -0.1) is 0 Å². The van der Waals surface area contributed by atoms with E-state index in [1.807, 2.05) is 0 Å². The van der Waals surface area contributed by atoms with Crippen LogP contribution in [0, 0.1) is 0 Å². The number of methoxy groups -OCH3 is 1. The zero-order chi connectivity index (χ0) is 14.6. The number of hydrogen-bond acceptors (Lipinski definition) is 4. The first kappa shape index (κ1) is 15.3. The first-order valence-corrected chi connectivity index (χ1v) is 7.15. The van der Waals surface area contributed by atoms with Gasteiger partial charge < -0.3 is 19.9 Å². The van der Waals surface area contributed by atoms with E-state index >= 15 is 0 Å². The SMILES string of the molecule is COC1(CC(=O)NC2(CC(=O)O)CCOCC2)CCC1. The van der Waals surface area contributed by atoms with Crippen molar-refractivity contribution in [2.75, 3.05) is 20.3 Å². The Balaban J connectivity index is 1.96. The van der Waals surface area contributed by atoms with Gasteiger partial charge in [-0.2, -0.15) is 0 Å². The molecule has 1 saturated heterocycles. The first-order valence-electron chi connectivity index (χ1n) is 7.15. The number of carbonyl (C=O) groups excluding carboxylic acids is 1. The number of nitrogens with one attached hydrogen (secondary N) is 1. The number of rotatable bonds is 6. The molecule has 1 aliphatic heterocycles. The summed E-state index contributed by atoms with van der Waals surface area (Å²) < 4.78 is 10.7. The van der Waals surface area contributed by atoms with Gasteiger partial charge in [0, 0.05) is 20.3 Å². The van der Waals surface area contributed by atoms with Gasteiger partial charge in [-0.25, -0.2) is 0 Å². The average Bonchev–Trinajstić information content (AvgIpc) is 2.33. The minimum Gasteiger partial charge on any atom is -0.481 e. The van der Waals surface area contributed by atoms with Crippen molar-refractivity contribution in [3.63, 3.8) is 0 Å². The van der Waals surface area contributed by atoms with Crippen molar-refractivity contribution in [1.29, 1.82) is 0 Å². The molecule has 0 spiro atoms. The Kier molecular flexibility index (Phi) is 4.65. The molecular formula is C14H23NO5. The standard InChI is InChI=1S/C14H23NO5/c1-19-14(3-2-4-14)9-11(16)15-13(10-12(17)18)5-7-20-8-6-13/h2-10H2,1H3,(H,15,16)(H,17,18). The van der Waals surface area contributed by atoms with Crippen LogP contribution in [-0.2, 0) is 19.1 Å². The number of ether oxygens (including phenoxy) is 2. The fourth-order valence-electron chi connectivity index (χ4n) is 3.05. The number of hydrogen-bond donors (Lipinski definition) is 2. The highest BCUT2D eigenvalue weighted by Crippen LogP contribution is 2.38. The fourth-order valence-corrected chi connectivity index (χ4v) is 3.05. The molecule has 0 bridgehead atoms. The van der Waals surface area contributed by atoms with Crippen LogP contribution >= 0.6 is 0 Å². The van der Waals surface area contributed by atoms with E-state index in [4.69, 9.17) is 14.6 Å².